The Bertz CT molecular complexity index is 614. The van der Waals surface area contributed by atoms with Crippen molar-refractivity contribution >= 4 is 35.2 Å². The van der Waals surface area contributed by atoms with Gasteiger partial charge in [-0.25, -0.2) is 4.79 Å². The van der Waals surface area contributed by atoms with Gasteiger partial charge >= 0.3 is 5.97 Å². The molecular weight excluding hydrogens is 275 g/mol. The van der Waals surface area contributed by atoms with Gasteiger partial charge in [-0.3, -0.25) is 0 Å². The van der Waals surface area contributed by atoms with Gasteiger partial charge in [-0.05, 0) is 36.4 Å². The molecule has 2 aromatic rings. The first-order chi connectivity index (χ1) is 8.56. The Hall–Kier alpha value is -1.71. The van der Waals surface area contributed by atoms with Crippen LogP contribution in [0.25, 0.3) is 17.4 Å². The van der Waals surface area contributed by atoms with Crippen molar-refractivity contribution in [2.75, 3.05) is 0 Å². The van der Waals surface area contributed by atoms with E-state index in [0.29, 0.717) is 21.6 Å². The summed E-state index contributed by atoms with van der Waals surface area (Å²) in [4.78, 5) is 10.4. The summed E-state index contributed by atoms with van der Waals surface area (Å²) in [5.74, 6) is 0.0274. The van der Waals surface area contributed by atoms with Crippen molar-refractivity contribution in [1.82, 2.24) is 0 Å². The summed E-state index contributed by atoms with van der Waals surface area (Å²) in [7, 11) is 0. The molecule has 0 fully saturated rings. The Balaban J connectivity index is 2.29. The molecule has 18 heavy (non-hydrogen) atoms. The van der Waals surface area contributed by atoms with Crippen molar-refractivity contribution < 1.29 is 14.3 Å². The standard InChI is InChI=1S/C13H8Cl2O3/c14-10-4-1-8(7-11(10)15)12-5-2-9(18-12)3-6-13(16)17/h1-7H,(H,16,17)/b6-3-. The van der Waals surface area contributed by atoms with E-state index in [2.05, 4.69) is 0 Å². The summed E-state index contributed by atoms with van der Waals surface area (Å²) >= 11 is 11.7. The molecular formula is C13H8Cl2O3. The highest BCUT2D eigenvalue weighted by Crippen LogP contribution is 2.29. The molecule has 0 radical (unpaired) electrons. The molecule has 0 aliphatic heterocycles. The van der Waals surface area contributed by atoms with Crippen LogP contribution in [-0.4, -0.2) is 11.1 Å². The van der Waals surface area contributed by atoms with Gasteiger partial charge in [0, 0.05) is 11.6 Å². The zero-order valence-corrected chi connectivity index (χ0v) is 10.6. The minimum atomic E-state index is -1.03. The molecule has 0 amide bonds. The maximum atomic E-state index is 10.4. The maximum absolute atomic E-state index is 10.4. The molecule has 0 unspecified atom stereocenters. The smallest absolute Gasteiger partial charge is 0.328 e. The van der Waals surface area contributed by atoms with Gasteiger partial charge in [-0.1, -0.05) is 23.2 Å². The first-order valence-corrected chi connectivity index (χ1v) is 5.78. The van der Waals surface area contributed by atoms with Crippen LogP contribution in [0.3, 0.4) is 0 Å². The van der Waals surface area contributed by atoms with Crippen LogP contribution in [0.2, 0.25) is 10.0 Å². The summed E-state index contributed by atoms with van der Waals surface area (Å²) in [6.45, 7) is 0. The predicted octanol–water partition coefficient (Wildman–Crippen LogP) is 4.35. The van der Waals surface area contributed by atoms with Gasteiger partial charge in [0.25, 0.3) is 0 Å². The van der Waals surface area contributed by atoms with Gasteiger partial charge in [-0.2, -0.15) is 0 Å². The highest BCUT2D eigenvalue weighted by molar-refractivity contribution is 6.42. The Morgan fingerprint density at radius 3 is 2.61 bits per heavy atom. The monoisotopic (exact) mass is 282 g/mol. The van der Waals surface area contributed by atoms with Crippen LogP contribution >= 0.6 is 23.2 Å². The predicted molar refractivity (Wildman–Crippen MR) is 70.8 cm³/mol. The van der Waals surface area contributed by atoms with E-state index >= 15 is 0 Å². The number of hydrogen-bond donors (Lipinski definition) is 1. The zero-order valence-electron chi connectivity index (χ0n) is 9.06. The van der Waals surface area contributed by atoms with Crippen molar-refractivity contribution in [3.8, 4) is 11.3 Å². The van der Waals surface area contributed by atoms with E-state index < -0.39 is 5.97 Å². The lowest BCUT2D eigenvalue weighted by atomic mass is 10.2. The molecule has 3 nitrogen and oxygen atoms in total. The summed E-state index contributed by atoms with van der Waals surface area (Å²) in [5, 5.41) is 9.41. The lowest BCUT2D eigenvalue weighted by Gasteiger charge is -1.99. The molecule has 0 aliphatic carbocycles. The van der Waals surface area contributed by atoms with Gasteiger partial charge in [0.1, 0.15) is 11.5 Å². The fraction of sp³-hybridized carbons (Fsp3) is 0. The average molecular weight is 283 g/mol. The van der Waals surface area contributed by atoms with Crippen LogP contribution in [0.4, 0.5) is 0 Å². The van der Waals surface area contributed by atoms with Crippen LogP contribution in [0.1, 0.15) is 5.76 Å². The van der Waals surface area contributed by atoms with Crippen molar-refractivity contribution in [2.24, 2.45) is 0 Å². The first kappa shape index (κ1) is 12.7. The van der Waals surface area contributed by atoms with Crippen LogP contribution in [0, 0.1) is 0 Å². The minimum absolute atomic E-state index is 0.438. The normalized spacial score (nSPS) is 11.0. The fourth-order valence-corrected chi connectivity index (χ4v) is 1.70. The number of aliphatic carboxylic acids is 1. The molecule has 1 heterocycles. The summed E-state index contributed by atoms with van der Waals surface area (Å²) in [5.41, 5.74) is 0.777. The SMILES string of the molecule is O=C(O)/C=C\c1ccc(-c2ccc(Cl)c(Cl)c2)o1. The molecule has 0 saturated carbocycles. The van der Waals surface area contributed by atoms with E-state index in [1.54, 1.807) is 30.3 Å². The number of hydrogen-bond acceptors (Lipinski definition) is 2. The van der Waals surface area contributed by atoms with Crippen molar-refractivity contribution in [3.63, 3.8) is 0 Å². The van der Waals surface area contributed by atoms with Gasteiger partial charge in [0.05, 0.1) is 10.0 Å². The van der Waals surface area contributed by atoms with Crippen LogP contribution < -0.4 is 0 Å². The number of furan rings is 1. The molecule has 0 bridgehead atoms. The number of rotatable bonds is 3. The average Bonchev–Trinajstić information content (AvgIpc) is 2.79. The van der Waals surface area contributed by atoms with E-state index in [-0.39, 0.29) is 0 Å². The van der Waals surface area contributed by atoms with Crippen molar-refractivity contribution in [3.05, 3.63) is 52.2 Å². The van der Waals surface area contributed by atoms with Crippen LogP contribution in [0.5, 0.6) is 0 Å². The fourth-order valence-electron chi connectivity index (χ4n) is 1.40. The Labute approximate surface area is 113 Å². The third kappa shape index (κ3) is 2.94. The number of carboxylic acid groups (broad SMARTS) is 1. The van der Waals surface area contributed by atoms with Gasteiger partial charge < -0.3 is 9.52 Å². The Morgan fingerprint density at radius 1 is 1.17 bits per heavy atom. The Kier molecular flexibility index (Phi) is 3.75. The van der Waals surface area contributed by atoms with E-state index in [1.807, 2.05) is 0 Å². The topological polar surface area (TPSA) is 50.4 Å². The molecule has 0 aliphatic rings. The number of halogens is 2. The molecule has 0 atom stereocenters. The quantitative estimate of drug-likeness (QED) is 0.852. The summed E-state index contributed by atoms with van der Waals surface area (Å²) in [6.07, 6.45) is 2.39. The molecule has 1 aromatic carbocycles. The van der Waals surface area contributed by atoms with E-state index in [1.165, 1.54) is 6.08 Å². The maximum Gasteiger partial charge on any atom is 0.328 e. The second-order valence-electron chi connectivity index (χ2n) is 3.50. The van der Waals surface area contributed by atoms with Crippen molar-refractivity contribution in [2.45, 2.75) is 0 Å². The molecule has 1 N–H and O–H groups in total. The van der Waals surface area contributed by atoms with Crippen LogP contribution in [-0.2, 0) is 4.79 Å². The third-order valence-electron chi connectivity index (χ3n) is 2.22. The summed E-state index contributed by atoms with van der Waals surface area (Å²) < 4.78 is 5.46. The molecule has 0 spiro atoms. The first-order valence-electron chi connectivity index (χ1n) is 5.02. The Morgan fingerprint density at radius 2 is 1.94 bits per heavy atom. The third-order valence-corrected chi connectivity index (χ3v) is 2.96. The highest BCUT2D eigenvalue weighted by atomic mass is 35.5. The van der Waals surface area contributed by atoms with Crippen LogP contribution in [0.15, 0.2) is 40.8 Å². The van der Waals surface area contributed by atoms with E-state index in [9.17, 15) is 4.79 Å². The van der Waals surface area contributed by atoms with Gasteiger partial charge in [0.2, 0.25) is 0 Å². The lowest BCUT2D eigenvalue weighted by molar-refractivity contribution is -0.131. The number of carbonyl (C=O) groups is 1. The van der Waals surface area contributed by atoms with Gasteiger partial charge in [-0.15, -0.1) is 0 Å². The second kappa shape index (κ2) is 5.29. The molecule has 1 aromatic heterocycles. The van der Waals surface area contributed by atoms with Crippen molar-refractivity contribution in [1.29, 1.82) is 0 Å². The summed E-state index contributed by atoms with van der Waals surface area (Å²) in [6, 6.07) is 8.55. The molecule has 92 valence electrons. The number of benzene rings is 1. The second-order valence-corrected chi connectivity index (χ2v) is 4.32. The largest absolute Gasteiger partial charge is 0.478 e. The molecule has 2 rings (SSSR count). The molecule has 0 saturated heterocycles. The van der Waals surface area contributed by atoms with Gasteiger partial charge in [0.15, 0.2) is 0 Å². The minimum Gasteiger partial charge on any atom is -0.478 e. The molecule has 5 heteroatoms. The zero-order chi connectivity index (χ0) is 13.1. The number of carboxylic acids is 1. The van der Waals surface area contributed by atoms with E-state index in [0.717, 1.165) is 11.6 Å². The van der Waals surface area contributed by atoms with E-state index in [4.69, 9.17) is 32.7 Å². The lowest BCUT2D eigenvalue weighted by Crippen LogP contribution is -1.84. The highest BCUT2D eigenvalue weighted by Gasteiger charge is 2.06.